The molecule has 0 fully saturated rings. The molecule has 0 aliphatic heterocycles. The number of rotatable bonds is 4. The van der Waals surface area contributed by atoms with Gasteiger partial charge in [-0.1, -0.05) is 51.8 Å². The summed E-state index contributed by atoms with van der Waals surface area (Å²) < 4.78 is 1.10. The third kappa shape index (κ3) is 3.61. The Balaban J connectivity index is 2.26. The van der Waals surface area contributed by atoms with Crippen LogP contribution in [0.5, 0.6) is 0 Å². The van der Waals surface area contributed by atoms with Crippen molar-refractivity contribution < 1.29 is 0 Å². The van der Waals surface area contributed by atoms with Crippen LogP contribution in [0, 0.1) is 13.8 Å². The second-order valence-electron chi connectivity index (χ2n) is 5.03. The van der Waals surface area contributed by atoms with Gasteiger partial charge in [-0.25, -0.2) is 0 Å². The predicted octanol–water partition coefficient (Wildman–Crippen LogP) is 4.47. The molecule has 0 heterocycles. The zero-order chi connectivity index (χ0) is 14.7. The number of nitrogens with one attached hydrogen (secondary N) is 1. The molecule has 3 N–H and O–H groups in total. The summed E-state index contributed by atoms with van der Waals surface area (Å²) in [4.78, 5) is 0. The normalized spacial score (nSPS) is 12.4. The summed E-state index contributed by atoms with van der Waals surface area (Å²) in [6, 6.07) is 12.4. The molecular formula is C16H18BrClN2. The Morgan fingerprint density at radius 1 is 1.20 bits per heavy atom. The van der Waals surface area contributed by atoms with E-state index in [2.05, 4.69) is 52.5 Å². The molecule has 2 rings (SSSR count). The van der Waals surface area contributed by atoms with Gasteiger partial charge in [-0.15, -0.1) is 0 Å². The van der Waals surface area contributed by atoms with Crippen molar-refractivity contribution in [3.8, 4) is 0 Å². The average Bonchev–Trinajstić information content (AvgIpc) is 2.41. The number of halogens is 2. The average molecular weight is 354 g/mol. The fraction of sp³-hybridized carbons (Fsp3) is 0.250. The molecule has 1 atom stereocenters. The van der Waals surface area contributed by atoms with Crippen LogP contribution in [-0.4, -0.2) is 0 Å². The van der Waals surface area contributed by atoms with Gasteiger partial charge < -0.3 is 0 Å². The summed E-state index contributed by atoms with van der Waals surface area (Å²) >= 11 is 9.81. The molecular weight excluding hydrogens is 336 g/mol. The molecule has 0 amide bonds. The van der Waals surface area contributed by atoms with Crippen molar-refractivity contribution in [1.29, 1.82) is 0 Å². The molecule has 0 aliphatic rings. The fourth-order valence-corrected chi connectivity index (χ4v) is 2.75. The summed E-state index contributed by atoms with van der Waals surface area (Å²) in [6.07, 6.45) is 0.761. The lowest BCUT2D eigenvalue weighted by atomic mass is 9.97. The number of aryl methyl sites for hydroxylation is 2. The number of nitrogens with two attached hydrogens (primary N) is 1. The van der Waals surface area contributed by atoms with Crippen LogP contribution < -0.4 is 11.3 Å². The van der Waals surface area contributed by atoms with Crippen LogP contribution in [0.4, 0.5) is 0 Å². The van der Waals surface area contributed by atoms with Gasteiger partial charge in [0.05, 0.1) is 6.04 Å². The highest BCUT2D eigenvalue weighted by molar-refractivity contribution is 9.10. The highest BCUT2D eigenvalue weighted by atomic mass is 79.9. The maximum absolute atomic E-state index is 6.30. The number of hydrogen-bond donors (Lipinski definition) is 2. The summed E-state index contributed by atoms with van der Waals surface area (Å²) in [6.45, 7) is 4.10. The van der Waals surface area contributed by atoms with E-state index in [1.165, 1.54) is 5.56 Å². The molecule has 0 saturated heterocycles. The Labute approximate surface area is 133 Å². The van der Waals surface area contributed by atoms with E-state index in [4.69, 9.17) is 17.4 Å². The van der Waals surface area contributed by atoms with E-state index in [1.807, 2.05) is 19.1 Å². The molecule has 0 aliphatic carbocycles. The van der Waals surface area contributed by atoms with Gasteiger partial charge in [0.2, 0.25) is 0 Å². The number of benzene rings is 2. The van der Waals surface area contributed by atoms with Crippen molar-refractivity contribution in [2.45, 2.75) is 26.3 Å². The molecule has 0 saturated carbocycles. The number of hydrogen-bond acceptors (Lipinski definition) is 2. The molecule has 20 heavy (non-hydrogen) atoms. The molecule has 4 heteroatoms. The van der Waals surface area contributed by atoms with Crippen LogP contribution in [0.1, 0.15) is 28.3 Å². The van der Waals surface area contributed by atoms with Crippen LogP contribution in [0.25, 0.3) is 0 Å². The lowest BCUT2D eigenvalue weighted by Gasteiger charge is -2.18. The molecule has 106 valence electrons. The number of hydrazine groups is 1. The molecule has 2 aromatic carbocycles. The smallest absolute Gasteiger partial charge is 0.0500 e. The highest BCUT2D eigenvalue weighted by Gasteiger charge is 2.13. The lowest BCUT2D eigenvalue weighted by Crippen LogP contribution is -2.29. The zero-order valence-electron chi connectivity index (χ0n) is 11.6. The minimum Gasteiger partial charge on any atom is -0.271 e. The van der Waals surface area contributed by atoms with E-state index < -0.39 is 0 Å². The molecule has 0 bridgehead atoms. The fourth-order valence-electron chi connectivity index (χ4n) is 2.20. The Morgan fingerprint density at radius 2 is 1.95 bits per heavy atom. The molecule has 0 radical (unpaired) electrons. The van der Waals surface area contributed by atoms with Crippen LogP contribution >= 0.6 is 27.5 Å². The van der Waals surface area contributed by atoms with Crippen LogP contribution in [0.2, 0.25) is 5.02 Å². The summed E-state index contributed by atoms with van der Waals surface area (Å²) in [7, 11) is 0. The Kier molecular flexibility index (Phi) is 5.22. The molecule has 0 spiro atoms. The predicted molar refractivity (Wildman–Crippen MR) is 88.8 cm³/mol. The maximum Gasteiger partial charge on any atom is 0.0500 e. The van der Waals surface area contributed by atoms with Crippen molar-refractivity contribution >= 4 is 27.5 Å². The molecule has 1 unspecified atom stereocenters. The van der Waals surface area contributed by atoms with Gasteiger partial charge in [-0.2, -0.15) is 0 Å². The van der Waals surface area contributed by atoms with E-state index in [1.54, 1.807) is 0 Å². The highest BCUT2D eigenvalue weighted by Crippen LogP contribution is 2.26. The van der Waals surface area contributed by atoms with Crippen molar-refractivity contribution in [2.75, 3.05) is 0 Å². The van der Waals surface area contributed by atoms with Gasteiger partial charge in [0, 0.05) is 9.50 Å². The monoisotopic (exact) mass is 352 g/mol. The van der Waals surface area contributed by atoms with Gasteiger partial charge in [-0.05, 0) is 54.7 Å². The second-order valence-corrected chi connectivity index (χ2v) is 6.29. The maximum atomic E-state index is 6.30. The summed E-state index contributed by atoms with van der Waals surface area (Å²) in [5.41, 5.74) is 7.49. The first kappa shape index (κ1) is 15.5. The molecule has 2 aromatic rings. The quantitative estimate of drug-likeness (QED) is 0.629. The first-order chi connectivity index (χ1) is 9.51. The summed E-state index contributed by atoms with van der Waals surface area (Å²) in [5, 5.41) is 0.791. The van der Waals surface area contributed by atoms with E-state index in [0.717, 1.165) is 32.6 Å². The van der Waals surface area contributed by atoms with Gasteiger partial charge >= 0.3 is 0 Å². The van der Waals surface area contributed by atoms with E-state index in [-0.39, 0.29) is 6.04 Å². The van der Waals surface area contributed by atoms with Gasteiger partial charge in [0.25, 0.3) is 0 Å². The third-order valence-electron chi connectivity index (χ3n) is 3.42. The van der Waals surface area contributed by atoms with Crippen LogP contribution in [0.15, 0.2) is 40.9 Å². The second kappa shape index (κ2) is 6.72. The largest absolute Gasteiger partial charge is 0.271 e. The van der Waals surface area contributed by atoms with Gasteiger partial charge in [0.15, 0.2) is 0 Å². The Hall–Kier alpha value is -0.870. The lowest BCUT2D eigenvalue weighted by molar-refractivity contribution is 0.551. The van der Waals surface area contributed by atoms with Crippen LogP contribution in [0.3, 0.4) is 0 Å². The SMILES string of the molecule is Cc1ccc(CC(NN)c2ccc(Br)c(C)c2)c(Cl)c1. The molecule has 2 nitrogen and oxygen atoms in total. The van der Waals surface area contributed by atoms with Crippen LogP contribution in [-0.2, 0) is 6.42 Å². The molecule has 0 aromatic heterocycles. The topological polar surface area (TPSA) is 38.0 Å². The Morgan fingerprint density at radius 3 is 2.55 bits per heavy atom. The minimum absolute atomic E-state index is 0.0435. The van der Waals surface area contributed by atoms with Gasteiger partial charge in [-0.3, -0.25) is 11.3 Å². The van der Waals surface area contributed by atoms with Crippen molar-refractivity contribution in [3.05, 3.63) is 68.1 Å². The third-order valence-corrected chi connectivity index (χ3v) is 4.66. The standard InChI is InChI=1S/C16H18BrClN2/c1-10-3-4-12(15(18)7-10)9-16(20-19)13-5-6-14(17)11(2)8-13/h3-8,16,20H,9,19H2,1-2H3. The van der Waals surface area contributed by atoms with E-state index in [0.29, 0.717) is 0 Å². The first-order valence-corrected chi connectivity index (χ1v) is 7.65. The van der Waals surface area contributed by atoms with E-state index >= 15 is 0 Å². The van der Waals surface area contributed by atoms with Gasteiger partial charge in [0.1, 0.15) is 0 Å². The minimum atomic E-state index is 0.0435. The van der Waals surface area contributed by atoms with Crippen molar-refractivity contribution in [3.63, 3.8) is 0 Å². The summed E-state index contributed by atoms with van der Waals surface area (Å²) in [5.74, 6) is 5.72. The zero-order valence-corrected chi connectivity index (χ0v) is 13.9. The van der Waals surface area contributed by atoms with Crippen molar-refractivity contribution in [1.82, 2.24) is 5.43 Å². The Bertz CT molecular complexity index is 613. The first-order valence-electron chi connectivity index (χ1n) is 6.48. The van der Waals surface area contributed by atoms with Crippen molar-refractivity contribution in [2.24, 2.45) is 5.84 Å². The van der Waals surface area contributed by atoms with E-state index in [9.17, 15) is 0 Å².